The predicted octanol–water partition coefficient (Wildman–Crippen LogP) is -1.08. The molecule has 34 heavy (non-hydrogen) atoms. The molecule has 1 aromatic rings. The lowest BCUT2D eigenvalue weighted by Crippen LogP contribution is -2.58. The lowest BCUT2D eigenvalue weighted by Gasteiger charge is -2.30. The van der Waals surface area contributed by atoms with Gasteiger partial charge in [-0.25, -0.2) is 0 Å². The van der Waals surface area contributed by atoms with E-state index in [1.54, 1.807) is 30.3 Å². The summed E-state index contributed by atoms with van der Waals surface area (Å²) in [4.78, 5) is 36.2. The molecule has 0 radical (unpaired) electrons. The Morgan fingerprint density at radius 3 is 1.97 bits per heavy atom. The summed E-state index contributed by atoms with van der Waals surface area (Å²) in [5, 5.41) is 54.5. The minimum absolute atomic E-state index is 0. The summed E-state index contributed by atoms with van der Waals surface area (Å²) in [7, 11) is 0. The highest BCUT2D eigenvalue weighted by Gasteiger charge is 2.38. The Kier molecular flexibility index (Phi) is 13.9. The Balaban J connectivity index is 0.0000109. The molecule has 0 aliphatic carbocycles. The minimum Gasteiger partial charge on any atom is -0.481 e. The van der Waals surface area contributed by atoms with Crippen molar-refractivity contribution in [3.05, 3.63) is 35.9 Å². The first-order chi connectivity index (χ1) is 15.4. The maximum Gasteiger partial charge on any atom is 0.308 e. The van der Waals surface area contributed by atoms with Crippen LogP contribution in [0, 0.1) is 11.8 Å². The van der Waals surface area contributed by atoms with E-state index in [1.807, 2.05) is 13.8 Å². The molecule has 11 nitrogen and oxygen atoms in total. The largest absolute Gasteiger partial charge is 0.481 e. The SMILES string of the molecule is CC(C)C[C@H](N)C(=O)N[C@@H](CO)[C@@H](O)[C@@H](O)[C@H](O)C(=O)NC(c1ccccc1)[C@H](C)C(=O)O.Cl. The van der Waals surface area contributed by atoms with E-state index in [1.165, 1.54) is 6.92 Å². The van der Waals surface area contributed by atoms with Gasteiger partial charge in [0.15, 0.2) is 6.10 Å². The van der Waals surface area contributed by atoms with E-state index in [4.69, 9.17) is 5.73 Å². The number of benzene rings is 1. The van der Waals surface area contributed by atoms with Gasteiger partial charge < -0.3 is 41.9 Å². The van der Waals surface area contributed by atoms with Gasteiger partial charge in [0.2, 0.25) is 5.91 Å². The third kappa shape index (κ3) is 9.16. The fraction of sp³-hybridized carbons (Fsp3) is 0.591. The van der Waals surface area contributed by atoms with Crippen LogP contribution in [-0.2, 0) is 14.4 Å². The fourth-order valence-electron chi connectivity index (χ4n) is 3.26. The molecule has 194 valence electrons. The molecule has 0 spiro atoms. The zero-order valence-corrected chi connectivity index (χ0v) is 20.2. The highest BCUT2D eigenvalue weighted by Crippen LogP contribution is 2.22. The number of amides is 2. The van der Waals surface area contributed by atoms with E-state index in [0.29, 0.717) is 12.0 Å². The molecule has 2 amide bonds. The number of hydrogen-bond acceptors (Lipinski definition) is 8. The second kappa shape index (κ2) is 14.9. The normalized spacial score (nSPS) is 17.3. The summed E-state index contributed by atoms with van der Waals surface area (Å²) in [6.07, 6.45) is -5.85. The number of carboxylic acid groups (broad SMARTS) is 1. The summed E-state index contributed by atoms with van der Waals surface area (Å²) >= 11 is 0. The van der Waals surface area contributed by atoms with Gasteiger partial charge in [0.1, 0.15) is 12.2 Å². The van der Waals surface area contributed by atoms with Crippen LogP contribution in [0.15, 0.2) is 30.3 Å². The summed E-state index contributed by atoms with van der Waals surface area (Å²) < 4.78 is 0. The molecule has 0 aromatic heterocycles. The molecule has 1 unspecified atom stereocenters. The van der Waals surface area contributed by atoms with E-state index in [2.05, 4.69) is 10.6 Å². The van der Waals surface area contributed by atoms with Crippen molar-refractivity contribution in [3.63, 3.8) is 0 Å². The molecule has 9 N–H and O–H groups in total. The molecule has 1 rings (SSSR count). The molecule has 12 heteroatoms. The first-order valence-electron chi connectivity index (χ1n) is 10.7. The van der Waals surface area contributed by atoms with Gasteiger partial charge in [-0.15, -0.1) is 12.4 Å². The lowest BCUT2D eigenvalue weighted by molar-refractivity contribution is -0.146. The maximum absolute atomic E-state index is 12.6. The van der Waals surface area contributed by atoms with Crippen molar-refractivity contribution in [1.82, 2.24) is 10.6 Å². The monoisotopic (exact) mass is 505 g/mol. The van der Waals surface area contributed by atoms with E-state index in [0.717, 1.165) is 0 Å². The number of nitrogens with two attached hydrogens (primary N) is 1. The Bertz CT molecular complexity index is 783. The fourth-order valence-corrected chi connectivity index (χ4v) is 3.26. The number of halogens is 1. The summed E-state index contributed by atoms with van der Waals surface area (Å²) in [5.74, 6) is -3.96. The van der Waals surface area contributed by atoms with Crippen molar-refractivity contribution in [3.8, 4) is 0 Å². The number of carbonyl (C=O) groups excluding carboxylic acids is 2. The molecule has 0 saturated heterocycles. The molecule has 0 heterocycles. The summed E-state index contributed by atoms with van der Waals surface area (Å²) in [5.41, 5.74) is 6.23. The van der Waals surface area contributed by atoms with E-state index in [9.17, 15) is 39.9 Å². The highest BCUT2D eigenvalue weighted by atomic mass is 35.5. The van der Waals surface area contributed by atoms with Crippen LogP contribution < -0.4 is 16.4 Å². The number of rotatable bonds is 13. The Morgan fingerprint density at radius 1 is 0.941 bits per heavy atom. The van der Waals surface area contributed by atoms with Crippen molar-refractivity contribution in [2.75, 3.05) is 6.61 Å². The Labute approximate surface area is 204 Å². The third-order valence-electron chi connectivity index (χ3n) is 5.29. The van der Waals surface area contributed by atoms with Crippen molar-refractivity contribution in [2.45, 2.75) is 63.6 Å². The van der Waals surface area contributed by atoms with Crippen molar-refractivity contribution < 1.29 is 39.9 Å². The molecule has 0 aliphatic rings. The molecule has 0 saturated carbocycles. The number of hydrogen-bond donors (Lipinski definition) is 8. The van der Waals surface area contributed by atoms with Gasteiger partial charge in [-0.1, -0.05) is 44.2 Å². The molecule has 7 atom stereocenters. The minimum atomic E-state index is -2.18. The van der Waals surface area contributed by atoms with Gasteiger partial charge in [-0.05, 0) is 24.8 Å². The van der Waals surface area contributed by atoms with Gasteiger partial charge in [0.05, 0.1) is 30.7 Å². The molecular weight excluding hydrogens is 470 g/mol. The number of carbonyl (C=O) groups is 3. The van der Waals surface area contributed by atoms with Gasteiger partial charge >= 0.3 is 5.97 Å². The molecule has 0 fully saturated rings. The van der Waals surface area contributed by atoms with Crippen molar-refractivity contribution >= 4 is 30.2 Å². The highest BCUT2D eigenvalue weighted by molar-refractivity contribution is 5.85. The standard InChI is InChI=1S/C22H35N3O8.ClH/c1-11(2)9-14(23)20(30)24-15(10-26)17(27)18(28)19(29)21(31)25-16(12(3)22(32)33)13-7-5-4-6-8-13;/h4-8,11-12,14-19,26-29H,9-10,23H2,1-3H3,(H,24,30)(H,25,31)(H,32,33);1H/t12-,14-,15-,16?,17+,18+,19-;/m0./s1. The Hall–Kier alpha value is -2.28. The molecule has 0 bridgehead atoms. The van der Waals surface area contributed by atoms with Gasteiger partial charge in [0, 0.05) is 0 Å². The number of aliphatic carboxylic acids is 1. The Morgan fingerprint density at radius 2 is 1.50 bits per heavy atom. The quantitative estimate of drug-likeness (QED) is 0.164. The van der Waals surface area contributed by atoms with Crippen molar-refractivity contribution in [1.29, 1.82) is 0 Å². The van der Waals surface area contributed by atoms with E-state index in [-0.39, 0.29) is 18.3 Å². The van der Waals surface area contributed by atoms with E-state index >= 15 is 0 Å². The van der Waals surface area contributed by atoms with Crippen LogP contribution in [0.2, 0.25) is 0 Å². The third-order valence-corrected chi connectivity index (χ3v) is 5.29. The first kappa shape index (κ1) is 31.7. The van der Waals surface area contributed by atoms with Crippen LogP contribution in [0.5, 0.6) is 0 Å². The van der Waals surface area contributed by atoms with Crippen LogP contribution in [-0.4, -0.2) is 80.3 Å². The van der Waals surface area contributed by atoms with Crippen LogP contribution in [0.4, 0.5) is 0 Å². The van der Waals surface area contributed by atoms with Crippen LogP contribution >= 0.6 is 12.4 Å². The smallest absolute Gasteiger partial charge is 0.308 e. The number of carboxylic acids is 1. The van der Waals surface area contributed by atoms with Crippen molar-refractivity contribution in [2.24, 2.45) is 17.6 Å². The van der Waals surface area contributed by atoms with Crippen LogP contribution in [0.25, 0.3) is 0 Å². The second-order valence-electron chi connectivity index (χ2n) is 8.48. The average Bonchev–Trinajstić information content (AvgIpc) is 2.78. The first-order valence-corrected chi connectivity index (χ1v) is 10.7. The maximum atomic E-state index is 12.6. The van der Waals surface area contributed by atoms with Crippen LogP contribution in [0.1, 0.15) is 38.8 Å². The van der Waals surface area contributed by atoms with Crippen LogP contribution in [0.3, 0.4) is 0 Å². The zero-order valence-electron chi connectivity index (χ0n) is 19.4. The molecular formula is C22H36ClN3O8. The number of aliphatic hydroxyl groups excluding tert-OH is 4. The zero-order chi connectivity index (χ0) is 25.3. The average molecular weight is 506 g/mol. The van der Waals surface area contributed by atoms with E-state index < -0.39 is 66.7 Å². The van der Waals surface area contributed by atoms with Gasteiger partial charge in [-0.3, -0.25) is 14.4 Å². The summed E-state index contributed by atoms with van der Waals surface area (Å²) in [6, 6.07) is 4.85. The second-order valence-corrected chi connectivity index (χ2v) is 8.48. The number of aliphatic hydroxyl groups is 4. The topological polar surface area (TPSA) is 202 Å². The van der Waals surface area contributed by atoms with Gasteiger partial charge in [0.25, 0.3) is 5.91 Å². The summed E-state index contributed by atoms with van der Waals surface area (Å²) in [6.45, 7) is 4.29. The number of nitrogens with one attached hydrogen (secondary N) is 2. The lowest BCUT2D eigenvalue weighted by atomic mass is 9.93. The molecule has 1 aromatic carbocycles. The van der Waals surface area contributed by atoms with Gasteiger partial charge in [-0.2, -0.15) is 0 Å². The molecule has 0 aliphatic heterocycles. The predicted molar refractivity (Wildman–Crippen MR) is 126 cm³/mol.